The lowest BCUT2D eigenvalue weighted by atomic mass is 9.93. The molecule has 1 aliphatic carbocycles. The highest BCUT2D eigenvalue weighted by molar-refractivity contribution is 6.05. The number of hydrogen-bond donors (Lipinski definition) is 0. The maximum absolute atomic E-state index is 13.4. The Kier molecular flexibility index (Phi) is 5.01. The second-order valence-corrected chi connectivity index (χ2v) is 7.17. The van der Waals surface area contributed by atoms with Gasteiger partial charge < -0.3 is 0 Å². The number of amides is 1. The van der Waals surface area contributed by atoms with Crippen LogP contribution in [-0.2, 0) is 0 Å². The topological polar surface area (TPSA) is 51.0 Å². The van der Waals surface area contributed by atoms with Gasteiger partial charge in [0.1, 0.15) is 5.82 Å². The number of pyridine rings is 1. The number of nitrogens with zero attached hydrogens (tertiary/aromatic N) is 4. The normalized spacial score (nSPS) is 14.9. The molecule has 0 saturated heterocycles. The fourth-order valence-electron chi connectivity index (χ4n) is 3.69. The van der Waals surface area contributed by atoms with E-state index in [9.17, 15) is 4.79 Å². The molecule has 2 heterocycles. The molecule has 1 fully saturated rings. The maximum atomic E-state index is 13.4. The van der Waals surface area contributed by atoms with Gasteiger partial charge in [0.15, 0.2) is 0 Å². The molecule has 3 aromatic rings. The average molecular weight is 360 g/mol. The summed E-state index contributed by atoms with van der Waals surface area (Å²) in [5.74, 6) is 0.699. The summed E-state index contributed by atoms with van der Waals surface area (Å²) in [6.07, 6.45) is 10.9. The summed E-state index contributed by atoms with van der Waals surface area (Å²) in [5, 5.41) is 4.39. The van der Waals surface area contributed by atoms with Crippen molar-refractivity contribution in [1.82, 2.24) is 14.8 Å². The number of aryl methyl sites for hydroxylation is 1. The van der Waals surface area contributed by atoms with Crippen LogP contribution in [0.4, 0.5) is 5.82 Å². The summed E-state index contributed by atoms with van der Waals surface area (Å²) >= 11 is 0. The van der Waals surface area contributed by atoms with Crippen LogP contribution >= 0.6 is 0 Å². The minimum Gasteiger partial charge on any atom is -0.289 e. The highest BCUT2D eigenvalue weighted by Gasteiger charge is 2.29. The quantitative estimate of drug-likeness (QED) is 0.685. The molecule has 1 aromatic carbocycles. The maximum Gasteiger partial charge on any atom is 0.262 e. The predicted molar refractivity (Wildman–Crippen MR) is 106 cm³/mol. The lowest BCUT2D eigenvalue weighted by molar-refractivity contribution is 0.0969. The van der Waals surface area contributed by atoms with E-state index in [4.69, 9.17) is 0 Å². The molecule has 0 radical (unpaired) electrons. The molecular formula is C22H24N4O. The van der Waals surface area contributed by atoms with E-state index in [0.717, 1.165) is 42.8 Å². The number of carbonyl (C=O) groups is 1. The van der Waals surface area contributed by atoms with Gasteiger partial charge in [0.25, 0.3) is 5.91 Å². The molecule has 2 aromatic heterocycles. The van der Waals surface area contributed by atoms with E-state index in [1.807, 2.05) is 66.7 Å². The molecule has 5 nitrogen and oxygen atoms in total. The van der Waals surface area contributed by atoms with Gasteiger partial charge in [-0.3, -0.25) is 9.69 Å². The van der Waals surface area contributed by atoms with Gasteiger partial charge in [-0.2, -0.15) is 5.10 Å². The van der Waals surface area contributed by atoms with E-state index < -0.39 is 0 Å². The first-order chi connectivity index (χ1) is 13.2. The van der Waals surface area contributed by atoms with Crippen LogP contribution in [-0.4, -0.2) is 26.7 Å². The molecule has 0 spiro atoms. The Morgan fingerprint density at radius 3 is 2.52 bits per heavy atom. The summed E-state index contributed by atoms with van der Waals surface area (Å²) in [6.45, 7) is 2.01. The Labute approximate surface area is 159 Å². The highest BCUT2D eigenvalue weighted by atomic mass is 16.2. The Balaban J connectivity index is 1.66. The molecular weight excluding hydrogens is 336 g/mol. The van der Waals surface area contributed by atoms with E-state index in [-0.39, 0.29) is 11.9 Å². The smallest absolute Gasteiger partial charge is 0.262 e. The molecule has 0 atom stereocenters. The summed E-state index contributed by atoms with van der Waals surface area (Å²) in [7, 11) is 0. The van der Waals surface area contributed by atoms with Gasteiger partial charge in [-0.25, -0.2) is 9.67 Å². The monoisotopic (exact) mass is 360 g/mol. The molecule has 0 bridgehead atoms. The number of para-hydroxylation sites is 1. The number of rotatable bonds is 4. The third kappa shape index (κ3) is 3.77. The molecule has 0 N–H and O–H groups in total. The van der Waals surface area contributed by atoms with Crippen LogP contribution in [0.25, 0.3) is 5.69 Å². The van der Waals surface area contributed by atoms with Crippen LogP contribution in [0.15, 0.2) is 61.1 Å². The molecule has 4 rings (SSSR count). The van der Waals surface area contributed by atoms with Crippen molar-refractivity contribution in [2.24, 2.45) is 0 Å². The second kappa shape index (κ2) is 7.74. The zero-order valence-corrected chi connectivity index (χ0v) is 15.6. The summed E-state index contributed by atoms with van der Waals surface area (Å²) in [5.41, 5.74) is 2.62. The van der Waals surface area contributed by atoms with Crippen molar-refractivity contribution in [2.45, 2.75) is 45.1 Å². The Morgan fingerprint density at radius 1 is 1.04 bits per heavy atom. The van der Waals surface area contributed by atoms with Crippen LogP contribution < -0.4 is 4.90 Å². The molecule has 0 unspecified atom stereocenters. The first-order valence-electron chi connectivity index (χ1n) is 9.59. The molecule has 1 amide bonds. The van der Waals surface area contributed by atoms with E-state index in [0.29, 0.717) is 5.56 Å². The van der Waals surface area contributed by atoms with Gasteiger partial charge in [0.05, 0.1) is 17.4 Å². The van der Waals surface area contributed by atoms with Gasteiger partial charge in [-0.1, -0.05) is 43.5 Å². The van der Waals surface area contributed by atoms with E-state index >= 15 is 0 Å². The molecule has 0 aliphatic heterocycles. The number of hydrogen-bond acceptors (Lipinski definition) is 3. The van der Waals surface area contributed by atoms with Gasteiger partial charge in [-0.05, 0) is 43.5 Å². The van der Waals surface area contributed by atoms with E-state index in [2.05, 4.69) is 10.1 Å². The van der Waals surface area contributed by atoms with E-state index in [1.54, 1.807) is 10.9 Å². The Morgan fingerprint density at radius 2 is 1.81 bits per heavy atom. The second-order valence-electron chi connectivity index (χ2n) is 7.17. The summed E-state index contributed by atoms with van der Waals surface area (Å²) in [4.78, 5) is 19.8. The molecule has 27 heavy (non-hydrogen) atoms. The Bertz CT molecular complexity index is 896. The lowest BCUT2D eigenvalue weighted by Gasteiger charge is -2.33. The van der Waals surface area contributed by atoms with Crippen molar-refractivity contribution in [2.75, 3.05) is 4.90 Å². The number of aromatic nitrogens is 3. The fourth-order valence-corrected chi connectivity index (χ4v) is 3.69. The van der Waals surface area contributed by atoms with Crippen LogP contribution in [0.1, 0.15) is 48.0 Å². The number of anilines is 1. The van der Waals surface area contributed by atoms with Crippen molar-refractivity contribution in [3.05, 3.63) is 72.2 Å². The van der Waals surface area contributed by atoms with Crippen molar-refractivity contribution in [3.8, 4) is 5.69 Å². The standard InChI is InChI=1S/C22H24N4O/c1-17-12-13-21(23-14-17)26(20-10-6-3-7-11-20)22(27)18-15-24-25(16-18)19-8-4-2-5-9-19/h2,4-5,8-9,12-16,20H,3,6-7,10-11H2,1H3. The van der Waals surface area contributed by atoms with Crippen molar-refractivity contribution in [3.63, 3.8) is 0 Å². The molecule has 1 saturated carbocycles. The zero-order valence-electron chi connectivity index (χ0n) is 15.6. The van der Waals surface area contributed by atoms with E-state index in [1.165, 1.54) is 6.42 Å². The average Bonchev–Trinajstić information content (AvgIpc) is 3.21. The third-order valence-electron chi connectivity index (χ3n) is 5.15. The number of carbonyl (C=O) groups excluding carboxylic acids is 1. The first kappa shape index (κ1) is 17.5. The minimum atomic E-state index is -0.0274. The SMILES string of the molecule is Cc1ccc(N(C(=O)c2cnn(-c3ccccc3)c2)C2CCCCC2)nc1. The lowest BCUT2D eigenvalue weighted by Crippen LogP contribution is -2.42. The molecule has 1 aliphatic rings. The predicted octanol–water partition coefficient (Wildman–Crippen LogP) is 4.56. The first-order valence-corrected chi connectivity index (χ1v) is 9.59. The third-order valence-corrected chi connectivity index (χ3v) is 5.15. The van der Waals surface area contributed by atoms with Crippen LogP contribution in [0.2, 0.25) is 0 Å². The van der Waals surface area contributed by atoms with Gasteiger partial charge in [0, 0.05) is 18.4 Å². The Hall–Kier alpha value is -2.95. The fraction of sp³-hybridized carbons (Fsp3) is 0.318. The minimum absolute atomic E-state index is 0.0274. The van der Waals surface area contributed by atoms with Gasteiger partial charge >= 0.3 is 0 Å². The molecule has 5 heteroatoms. The van der Waals surface area contributed by atoms with Crippen LogP contribution in [0, 0.1) is 6.92 Å². The summed E-state index contributed by atoms with van der Waals surface area (Å²) in [6, 6.07) is 14.0. The van der Waals surface area contributed by atoms with Crippen molar-refractivity contribution >= 4 is 11.7 Å². The van der Waals surface area contributed by atoms with Crippen LogP contribution in [0.3, 0.4) is 0 Å². The zero-order chi connectivity index (χ0) is 18.6. The van der Waals surface area contributed by atoms with Crippen molar-refractivity contribution < 1.29 is 4.79 Å². The van der Waals surface area contributed by atoms with Crippen LogP contribution in [0.5, 0.6) is 0 Å². The molecule has 138 valence electrons. The number of benzene rings is 1. The van der Waals surface area contributed by atoms with Gasteiger partial charge in [-0.15, -0.1) is 0 Å². The summed E-state index contributed by atoms with van der Waals surface area (Å²) < 4.78 is 1.74. The largest absolute Gasteiger partial charge is 0.289 e. The van der Waals surface area contributed by atoms with Crippen molar-refractivity contribution in [1.29, 1.82) is 0 Å². The highest BCUT2D eigenvalue weighted by Crippen LogP contribution is 2.28. The van der Waals surface area contributed by atoms with Gasteiger partial charge in [0.2, 0.25) is 0 Å².